The second-order valence-corrected chi connectivity index (χ2v) is 5.41. The number of methoxy groups -OCH3 is 3. The Morgan fingerprint density at radius 3 is 2.22 bits per heavy atom. The maximum Gasteiger partial charge on any atom is 0.328 e. The van der Waals surface area contributed by atoms with Crippen LogP contribution >= 0.6 is 0 Å². The van der Waals surface area contributed by atoms with Crippen molar-refractivity contribution >= 4 is 12.4 Å². The highest BCUT2D eigenvalue weighted by Gasteiger charge is 2.25. The van der Waals surface area contributed by atoms with E-state index in [2.05, 4.69) is 20.0 Å². The molecule has 0 spiro atoms. The largest absolute Gasteiger partial charge is 0.481 e. The number of hydrogen-bond donors (Lipinski definition) is 1. The highest BCUT2D eigenvalue weighted by Crippen LogP contribution is 2.27. The molecule has 1 aliphatic carbocycles. The first kappa shape index (κ1) is 20.0. The summed E-state index contributed by atoms with van der Waals surface area (Å²) in [7, 11) is 4.29. The molecule has 9 heteroatoms. The van der Waals surface area contributed by atoms with E-state index in [-0.39, 0.29) is 18.0 Å². The van der Waals surface area contributed by atoms with Gasteiger partial charge in [-0.2, -0.15) is 9.97 Å². The summed E-state index contributed by atoms with van der Waals surface area (Å²) in [5.74, 6) is 0.831. The monoisotopic (exact) mass is 375 g/mol. The molecule has 1 aromatic carbocycles. The Labute approximate surface area is 156 Å². The van der Waals surface area contributed by atoms with Crippen molar-refractivity contribution < 1.29 is 28.5 Å². The number of benzene rings is 1. The van der Waals surface area contributed by atoms with Gasteiger partial charge in [0.15, 0.2) is 0 Å². The molecule has 1 heterocycles. The quantitative estimate of drug-likeness (QED) is 0.732. The number of amides is 1. The number of carbonyl (C=O) groups excluding carboxylic acids is 2. The third kappa shape index (κ3) is 6.14. The van der Waals surface area contributed by atoms with Gasteiger partial charge in [0.2, 0.25) is 11.8 Å². The zero-order valence-electron chi connectivity index (χ0n) is 15.3. The van der Waals surface area contributed by atoms with Crippen LogP contribution in [0.4, 0.5) is 0 Å². The van der Waals surface area contributed by atoms with Gasteiger partial charge in [0.25, 0.3) is 12.4 Å². The lowest BCUT2D eigenvalue weighted by Crippen LogP contribution is -2.25. The van der Waals surface area contributed by atoms with Crippen molar-refractivity contribution in [3.05, 3.63) is 35.9 Å². The SMILES string of the molecule is COC=O.COc1cc(OC)nc(Oc2ccccc2C(=O)NC2CC2)n1. The van der Waals surface area contributed by atoms with Crippen molar-refractivity contribution in [3.63, 3.8) is 0 Å². The van der Waals surface area contributed by atoms with Gasteiger partial charge in [-0.3, -0.25) is 9.59 Å². The molecule has 0 unspecified atom stereocenters. The van der Waals surface area contributed by atoms with Crippen molar-refractivity contribution in [2.75, 3.05) is 21.3 Å². The van der Waals surface area contributed by atoms with Crippen LogP contribution in [0, 0.1) is 0 Å². The maximum absolute atomic E-state index is 12.3. The number of ether oxygens (including phenoxy) is 4. The molecule has 1 aliphatic rings. The molecule has 1 fully saturated rings. The molecule has 1 amide bonds. The van der Waals surface area contributed by atoms with Crippen LogP contribution in [0.25, 0.3) is 0 Å². The molecule has 9 nitrogen and oxygen atoms in total. The first-order valence-corrected chi connectivity index (χ1v) is 8.12. The van der Waals surface area contributed by atoms with Gasteiger partial charge in [-0.05, 0) is 25.0 Å². The molecule has 144 valence electrons. The van der Waals surface area contributed by atoms with Crippen LogP contribution in [-0.2, 0) is 9.53 Å². The normalized spacial score (nSPS) is 12.1. The standard InChI is InChI=1S/C16H17N3O4.C2H4O2/c1-21-13-9-14(22-2)19-16(18-13)23-12-6-4-3-5-11(12)15(20)17-10-7-8-10;1-4-2-3/h3-6,9-10H,7-8H2,1-2H3,(H,17,20);2H,1H3. The summed E-state index contributed by atoms with van der Waals surface area (Å²) in [4.78, 5) is 29.4. The van der Waals surface area contributed by atoms with E-state index >= 15 is 0 Å². The molecular formula is C18H21N3O6. The maximum atomic E-state index is 12.3. The minimum atomic E-state index is -0.169. The number of rotatable bonds is 7. The van der Waals surface area contributed by atoms with Crippen molar-refractivity contribution in [2.45, 2.75) is 18.9 Å². The van der Waals surface area contributed by atoms with Gasteiger partial charge in [0.1, 0.15) is 5.75 Å². The average molecular weight is 375 g/mol. The summed E-state index contributed by atoms with van der Waals surface area (Å²) in [6.45, 7) is 0.375. The fourth-order valence-corrected chi connectivity index (χ4v) is 1.97. The highest BCUT2D eigenvalue weighted by atomic mass is 16.5. The molecule has 0 aliphatic heterocycles. The summed E-state index contributed by atoms with van der Waals surface area (Å²) >= 11 is 0. The lowest BCUT2D eigenvalue weighted by molar-refractivity contribution is -0.126. The molecule has 1 saturated carbocycles. The molecule has 0 radical (unpaired) electrons. The van der Waals surface area contributed by atoms with Crippen LogP contribution in [0.3, 0.4) is 0 Å². The fourth-order valence-electron chi connectivity index (χ4n) is 1.97. The van der Waals surface area contributed by atoms with Crippen LogP contribution < -0.4 is 19.5 Å². The molecular weight excluding hydrogens is 354 g/mol. The Bertz CT molecular complexity index is 757. The summed E-state index contributed by atoms with van der Waals surface area (Å²) in [5.41, 5.74) is 0.435. The smallest absolute Gasteiger partial charge is 0.328 e. The van der Waals surface area contributed by atoms with E-state index in [4.69, 9.17) is 19.0 Å². The van der Waals surface area contributed by atoms with E-state index in [0.717, 1.165) is 12.8 Å². The van der Waals surface area contributed by atoms with Crippen molar-refractivity contribution in [1.29, 1.82) is 0 Å². The van der Waals surface area contributed by atoms with Crippen LogP contribution in [0.2, 0.25) is 0 Å². The zero-order valence-corrected chi connectivity index (χ0v) is 15.3. The van der Waals surface area contributed by atoms with Gasteiger partial charge in [-0.15, -0.1) is 0 Å². The lowest BCUT2D eigenvalue weighted by Gasteiger charge is -2.11. The Morgan fingerprint density at radius 1 is 1.11 bits per heavy atom. The summed E-state index contributed by atoms with van der Waals surface area (Å²) < 4.78 is 19.7. The molecule has 27 heavy (non-hydrogen) atoms. The van der Waals surface area contributed by atoms with Gasteiger partial charge in [0.05, 0.1) is 33.0 Å². The van der Waals surface area contributed by atoms with E-state index in [0.29, 0.717) is 29.5 Å². The first-order chi connectivity index (χ1) is 13.1. The Kier molecular flexibility index (Phi) is 7.36. The number of aromatic nitrogens is 2. The average Bonchev–Trinajstić information content (AvgIpc) is 3.52. The molecule has 2 aromatic rings. The molecule has 1 aromatic heterocycles. The molecule has 3 rings (SSSR count). The van der Waals surface area contributed by atoms with E-state index in [1.54, 1.807) is 30.3 Å². The predicted octanol–water partition coefficient (Wildman–Crippen LogP) is 1.97. The van der Waals surface area contributed by atoms with Gasteiger partial charge in [0, 0.05) is 6.04 Å². The number of hydrogen-bond acceptors (Lipinski definition) is 8. The first-order valence-electron chi connectivity index (χ1n) is 8.12. The minimum absolute atomic E-state index is 0.0490. The number of carbonyl (C=O) groups is 2. The van der Waals surface area contributed by atoms with Gasteiger partial charge < -0.3 is 24.3 Å². The Morgan fingerprint density at radius 2 is 1.70 bits per heavy atom. The lowest BCUT2D eigenvalue weighted by atomic mass is 10.2. The number of nitrogens with one attached hydrogen (secondary N) is 1. The second kappa shape index (κ2) is 9.95. The highest BCUT2D eigenvalue weighted by molar-refractivity contribution is 5.97. The Hall–Kier alpha value is -3.36. The topological polar surface area (TPSA) is 109 Å². The van der Waals surface area contributed by atoms with Crippen LogP contribution in [0.5, 0.6) is 23.5 Å². The summed E-state index contributed by atoms with van der Waals surface area (Å²) in [6.07, 6.45) is 2.04. The fraction of sp³-hybridized carbons (Fsp3) is 0.333. The minimum Gasteiger partial charge on any atom is -0.481 e. The van der Waals surface area contributed by atoms with E-state index in [1.807, 2.05) is 0 Å². The third-order valence-corrected chi connectivity index (χ3v) is 3.42. The van der Waals surface area contributed by atoms with Crippen molar-refractivity contribution in [2.24, 2.45) is 0 Å². The van der Waals surface area contributed by atoms with Crippen LogP contribution in [0.1, 0.15) is 23.2 Å². The van der Waals surface area contributed by atoms with E-state index in [1.165, 1.54) is 21.3 Å². The molecule has 0 saturated heterocycles. The molecule has 0 bridgehead atoms. The molecule has 1 N–H and O–H groups in total. The zero-order chi connectivity index (χ0) is 19.6. The van der Waals surface area contributed by atoms with E-state index < -0.39 is 0 Å². The van der Waals surface area contributed by atoms with Gasteiger partial charge >= 0.3 is 6.01 Å². The Balaban J connectivity index is 0.000000596. The second-order valence-electron chi connectivity index (χ2n) is 5.41. The third-order valence-electron chi connectivity index (χ3n) is 3.42. The molecule has 0 atom stereocenters. The van der Waals surface area contributed by atoms with Gasteiger partial charge in [-0.25, -0.2) is 0 Å². The summed E-state index contributed by atoms with van der Waals surface area (Å²) in [5, 5.41) is 2.93. The van der Waals surface area contributed by atoms with E-state index in [9.17, 15) is 4.79 Å². The van der Waals surface area contributed by atoms with Crippen molar-refractivity contribution in [3.8, 4) is 23.5 Å². The predicted molar refractivity (Wildman–Crippen MR) is 95.2 cm³/mol. The number of nitrogens with zero attached hydrogens (tertiary/aromatic N) is 2. The number of para-hydroxylation sites is 1. The van der Waals surface area contributed by atoms with Gasteiger partial charge in [-0.1, -0.05) is 12.1 Å². The van der Waals surface area contributed by atoms with Crippen LogP contribution in [0.15, 0.2) is 30.3 Å². The summed E-state index contributed by atoms with van der Waals surface area (Å²) in [6, 6.07) is 8.80. The van der Waals surface area contributed by atoms with Crippen LogP contribution in [-0.4, -0.2) is 49.7 Å². The van der Waals surface area contributed by atoms with Crippen molar-refractivity contribution in [1.82, 2.24) is 15.3 Å².